The van der Waals surface area contributed by atoms with Crippen LogP contribution in [0.3, 0.4) is 0 Å². The van der Waals surface area contributed by atoms with E-state index in [1.54, 1.807) is 0 Å². The highest BCUT2D eigenvalue weighted by Gasteiger charge is 2.17. The first-order valence-corrected chi connectivity index (χ1v) is 5.18. The second-order valence-electron chi connectivity index (χ2n) is 3.54. The van der Waals surface area contributed by atoms with Crippen LogP contribution in [0.5, 0.6) is 0 Å². The fourth-order valence-electron chi connectivity index (χ4n) is 1.62. The Morgan fingerprint density at radius 3 is 3.20 bits per heavy atom. The molecule has 2 heterocycles. The zero-order valence-electron chi connectivity index (χ0n) is 8.15. The van der Waals surface area contributed by atoms with Gasteiger partial charge in [0.15, 0.2) is 5.15 Å². The van der Waals surface area contributed by atoms with Gasteiger partial charge in [0, 0.05) is 6.61 Å². The molecule has 1 fully saturated rings. The highest BCUT2D eigenvalue weighted by atomic mass is 35.5. The van der Waals surface area contributed by atoms with Crippen LogP contribution in [-0.2, 0) is 11.3 Å². The van der Waals surface area contributed by atoms with E-state index in [1.165, 1.54) is 10.9 Å². The van der Waals surface area contributed by atoms with E-state index in [4.69, 9.17) is 22.1 Å². The number of anilines is 1. The summed E-state index contributed by atoms with van der Waals surface area (Å²) in [5.41, 5.74) is 5.19. The maximum atomic E-state index is 11.6. The van der Waals surface area contributed by atoms with Gasteiger partial charge in [-0.1, -0.05) is 11.6 Å². The van der Waals surface area contributed by atoms with Crippen molar-refractivity contribution in [3.05, 3.63) is 21.8 Å². The molecule has 82 valence electrons. The number of nitrogens with zero attached hydrogens (tertiary/aromatic N) is 2. The van der Waals surface area contributed by atoms with E-state index in [9.17, 15) is 4.79 Å². The Kier molecular flexibility index (Phi) is 2.93. The fourth-order valence-corrected chi connectivity index (χ4v) is 1.75. The molecular formula is C9H12ClN3O2. The lowest BCUT2D eigenvalue weighted by molar-refractivity contribution is 0.0959. The first kappa shape index (κ1) is 10.4. The molecule has 1 aliphatic heterocycles. The van der Waals surface area contributed by atoms with Crippen LogP contribution in [-0.4, -0.2) is 22.3 Å². The first-order valence-electron chi connectivity index (χ1n) is 4.80. The second-order valence-corrected chi connectivity index (χ2v) is 3.90. The van der Waals surface area contributed by atoms with Gasteiger partial charge >= 0.3 is 0 Å². The van der Waals surface area contributed by atoms with E-state index in [1.807, 2.05) is 0 Å². The van der Waals surface area contributed by atoms with Crippen molar-refractivity contribution < 1.29 is 4.74 Å². The molecule has 0 spiro atoms. The smallest absolute Gasteiger partial charge is 0.278 e. The number of hydrogen-bond donors (Lipinski definition) is 1. The van der Waals surface area contributed by atoms with Crippen LogP contribution in [0.1, 0.15) is 12.8 Å². The van der Waals surface area contributed by atoms with E-state index < -0.39 is 0 Å². The third kappa shape index (κ3) is 2.13. The van der Waals surface area contributed by atoms with Crippen LogP contribution < -0.4 is 11.3 Å². The molecule has 1 aromatic heterocycles. The Bertz CT molecular complexity index is 412. The molecule has 5 nitrogen and oxygen atoms in total. The van der Waals surface area contributed by atoms with E-state index in [0.29, 0.717) is 6.54 Å². The van der Waals surface area contributed by atoms with Crippen molar-refractivity contribution in [3.8, 4) is 0 Å². The van der Waals surface area contributed by atoms with Gasteiger partial charge in [-0.3, -0.25) is 9.36 Å². The van der Waals surface area contributed by atoms with Gasteiger partial charge in [0.05, 0.1) is 19.0 Å². The molecule has 0 aromatic carbocycles. The summed E-state index contributed by atoms with van der Waals surface area (Å²) < 4.78 is 6.86. The second kappa shape index (κ2) is 4.20. The molecule has 0 aliphatic carbocycles. The number of nitrogens with two attached hydrogens (primary N) is 1. The Morgan fingerprint density at radius 1 is 1.73 bits per heavy atom. The molecule has 2 N–H and O–H groups in total. The molecule has 1 aliphatic rings. The van der Waals surface area contributed by atoms with Gasteiger partial charge in [-0.15, -0.1) is 0 Å². The Labute approximate surface area is 91.8 Å². The first-order chi connectivity index (χ1) is 7.18. The lowest BCUT2D eigenvalue weighted by Gasteiger charge is -2.11. The van der Waals surface area contributed by atoms with Gasteiger partial charge < -0.3 is 10.5 Å². The molecule has 1 saturated heterocycles. The maximum absolute atomic E-state index is 11.6. The van der Waals surface area contributed by atoms with Gasteiger partial charge in [0.1, 0.15) is 5.69 Å². The summed E-state index contributed by atoms with van der Waals surface area (Å²) in [5.74, 6) is 0. The zero-order valence-corrected chi connectivity index (χ0v) is 8.91. The van der Waals surface area contributed by atoms with Crippen molar-refractivity contribution >= 4 is 17.3 Å². The molecule has 6 heteroatoms. The SMILES string of the molecule is Nc1c(Cl)ncn(CC2CCCO2)c1=O. The van der Waals surface area contributed by atoms with E-state index in [-0.39, 0.29) is 22.5 Å². The van der Waals surface area contributed by atoms with Crippen LogP contribution in [0.2, 0.25) is 5.15 Å². The van der Waals surface area contributed by atoms with Gasteiger partial charge in [-0.2, -0.15) is 0 Å². The average molecular weight is 230 g/mol. The topological polar surface area (TPSA) is 70.1 Å². The molecule has 1 aromatic rings. The number of hydrogen-bond acceptors (Lipinski definition) is 4. The van der Waals surface area contributed by atoms with Crippen LogP contribution in [0.15, 0.2) is 11.1 Å². The van der Waals surface area contributed by atoms with Crippen molar-refractivity contribution in [2.24, 2.45) is 0 Å². The van der Waals surface area contributed by atoms with E-state index >= 15 is 0 Å². The largest absolute Gasteiger partial charge is 0.392 e. The monoisotopic (exact) mass is 229 g/mol. The van der Waals surface area contributed by atoms with Crippen molar-refractivity contribution in [2.75, 3.05) is 12.3 Å². The number of nitrogen functional groups attached to an aromatic ring is 1. The Morgan fingerprint density at radius 2 is 2.53 bits per heavy atom. The minimum absolute atomic E-state index is 0.00263. The number of ether oxygens (including phenoxy) is 1. The number of aromatic nitrogens is 2. The summed E-state index contributed by atoms with van der Waals surface area (Å²) in [7, 11) is 0. The van der Waals surface area contributed by atoms with Gasteiger partial charge in [0.25, 0.3) is 5.56 Å². The van der Waals surface area contributed by atoms with Crippen LogP contribution in [0.25, 0.3) is 0 Å². The Hall–Kier alpha value is -1.07. The predicted octanol–water partition coefficient (Wildman–Crippen LogP) is 0.658. The van der Waals surface area contributed by atoms with E-state index in [2.05, 4.69) is 4.98 Å². The van der Waals surface area contributed by atoms with E-state index in [0.717, 1.165) is 19.4 Å². The molecule has 15 heavy (non-hydrogen) atoms. The molecule has 1 atom stereocenters. The molecular weight excluding hydrogens is 218 g/mol. The zero-order chi connectivity index (χ0) is 10.8. The van der Waals surface area contributed by atoms with Gasteiger partial charge in [-0.05, 0) is 12.8 Å². The Balaban J connectivity index is 2.21. The van der Waals surface area contributed by atoms with Gasteiger partial charge in [-0.25, -0.2) is 4.98 Å². The normalized spacial score (nSPS) is 20.7. The molecule has 0 bridgehead atoms. The molecule has 0 radical (unpaired) electrons. The minimum Gasteiger partial charge on any atom is -0.392 e. The highest BCUT2D eigenvalue weighted by Crippen LogP contribution is 2.14. The minimum atomic E-state index is -0.300. The van der Waals surface area contributed by atoms with Crippen LogP contribution in [0.4, 0.5) is 5.69 Å². The van der Waals surface area contributed by atoms with Crippen molar-refractivity contribution in [3.63, 3.8) is 0 Å². The predicted molar refractivity (Wildman–Crippen MR) is 56.9 cm³/mol. The number of rotatable bonds is 2. The van der Waals surface area contributed by atoms with Crippen molar-refractivity contribution in [2.45, 2.75) is 25.5 Å². The molecule has 2 rings (SSSR count). The summed E-state index contributed by atoms with van der Waals surface area (Å²) in [6.07, 6.45) is 3.50. The van der Waals surface area contributed by atoms with Crippen molar-refractivity contribution in [1.29, 1.82) is 0 Å². The third-order valence-corrected chi connectivity index (χ3v) is 2.75. The summed E-state index contributed by atoms with van der Waals surface area (Å²) >= 11 is 5.62. The quantitative estimate of drug-likeness (QED) is 0.757. The summed E-state index contributed by atoms with van der Waals surface area (Å²) in [6.45, 7) is 1.25. The standard InChI is InChI=1S/C9H12ClN3O2/c10-8-7(11)9(14)13(5-12-8)4-6-2-1-3-15-6/h5-6H,1-4,11H2. The molecule has 0 amide bonds. The van der Waals surface area contributed by atoms with Crippen LogP contribution in [0, 0.1) is 0 Å². The molecule has 0 saturated carbocycles. The average Bonchev–Trinajstić information content (AvgIpc) is 2.72. The summed E-state index contributed by atoms with van der Waals surface area (Å²) in [6, 6.07) is 0. The summed E-state index contributed by atoms with van der Waals surface area (Å²) in [5, 5.41) is 0.0589. The van der Waals surface area contributed by atoms with Crippen molar-refractivity contribution in [1.82, 2.24) is 9.55 Å². The maximum Gasteiger partial charge on any atom is 0.278 e. The lowest BCUT2D eigenvalue weighted by Crippen LogP contribution is -2.28. The highest BCUT2D eigenvalue weighted by molar-refractivity contribution is 6.31. The number of halogens is 1. The fraction of sp³-hybridized carbons (Fsp3) is 0.556. The lowest BCUT2D eigenvalue weighted by atomic mass is 10.2. The third-order valence-electron chi connectivity index (χ3n) is 2.45. The van der Waals surface area contributed by atoms with Crippen LogP contribution >= 0.6 is 11.6 Å². The summed E-state index contributed by atoms with van der Waals surface area (Å²) in [4.78, 5) is 15.5. The molecule has 1 unspecified atom stereocenters. The van der Waals surface area contributed by atoms with Gasteiger partial charge in [0.2, 0.25) is 0 Å².